The lowest BCUT2D eigenvalue weighted by Crippen LogP contribution is -2.34. The number of carbonyl (C=O) groups excluding carboxylic acids is 1. The molecule has 0 fully saturated rings. The summed E-state index contributed by atoms with van der Waals surface area (Å²) >= 11 is 5.74. The standard InChI is InChI=1S/C14H17ClN2O/c1-10(11-5-3-2-4-6-11)17-14(18)13-8-7-12(15)9-16-13/h5,7-10H,2-4,6H2,1H3,(H,17,18). The fourth-order valence-corrected chi connectivity index (χ4v) is 2.24. The molecule has 1 aliphatic carbocycles. The smallest absolute Gasteiger partial charge is 0.270 e. The molecule has 0 bridgehead atoms. The number of carbonyl (C=O) groups is 1. The molecule has 2 rings (SSSR count). The average molecular weight is 265 g/mol. The Morgan fingerprint density at radius 2 is 2.28 bits per heavy atom. The number of halogens is 1. The third kappa shape index (κ3) is 3.33. The van der Waals surface area contributed by atoms with Crippen LogP contribution in [0.25, 0.3) is 0 Å². The van der Waals surface area contributed by atoms with E-state index >= 15 is 0 Å². The van der Waals surface area contributed by atoms with Crippen LogP contribution in [0.4, 0.5) is 0 Å². The molecule has 18 heavy (non-hydrogen) atoms. The summed E-state index contributed by atoms with van der Waals surface area (Å²) < 4.78 is 0. The van der Waals surface area contributed by atoms with Crippen molar-refractivity contribution in [2.24, 2.45) is 0 Å². The molecule has 0 spiro atoms. The van der Waals surface area contributed by atoms with Gasteiger partial charge in [-0.15, -0.1) is 0 Å². The van der Waals surface area contributed by atoms with Crippen molar-refractivity contribution in [2.45, 2.75) is 38.6 Å². The van der Waals surface area contributed by atoms with Crippen LogP contribution in [0.2, 0.25) is 5.02 Å². The van der Waals surface area contributed by atoms with Crippen LogP contribution < -0.4 is 5.32 Å². The Kier molecular flexibility index (Phi) is 4.37. The fraction of sp³-hybridized carbons (Fsp3) is 0.429. The minimum absolute atomic E-state index is 0.0790. The molecule has 1 aromatic rings. The number of allylic oxidation sites excluding steroid dienone is 1. The van der Waals surface area contributed by atoms with E-state index in [-0.39, 0.29) is 11.9 Å². The Morgan fingerprint density at radius 3 is 2.89 bits per heavy atom. The molecule has 1 atom stereocenters. The van der Waals surface area contributed by atoms with Crippen LogP contribution in [-0.4, -0.2) is 16.9 Å². The molecule has 1 N–H and O–H groups in total. The predicted octanol–water partition coefficient (Wildman–Crippen LogP) is 3.35. The van der Waals surface area contributed by atoms with Gasteiger partial charge >= 0.3 is 0 Å². The summed E-state index contributed by atoms with van der Waals surface area (Å²) in [7, 11) is 0. The van der Waals surface area contributed by atoms with Crippen molar-refractivity contribution in [3.63, 3.8) is 0 Å². The van der Waals surface area contributed by atoms with Crippen molar-refractivity contribution in [1.29, 1.82) is 0 Å². The molecule has 1 aromatic heterocycles. The molecule has 1 amide bonds. The zero-order valence-corrected chi connectivity index (χ0v) is 11.2. The van der Waals surface area contributed by atoms with Gasteiger partial charge in [0.05, 0.1) is 5.02 Å². The largest absolute Gasteiger partial charge is 0.345 e. The highest BCUT2D eigenvalue weighted by atomic mass is 35.5. The first-order valence-electron chi connectivity index (χ1n) is 6.28. The highest BCUT2D eigenvalue weighted by Gasteiger charge is 2.15. The van der Waals surface area contributed by atoms with Crippen LogP contribution in [0, 0.1) is 0 Å². The lowest BCUT2D eigenvalue weighted by molar-refractivity contribution is 0.0939. The fourth-order valence-electron chi connectivity index (χ4n) is 2.13. The van der Waals surface area contributed by atoms with Gasteiger partial charge in [0.1, 0.15) is 5.69 Å². The van der Waals surface area contributed by atoms with Crippen molar-refractivity contribution < 1.29 is 4.79 Å². The molecular formula is C14H17ClN2O. The van der Waals surface area contributed by atoms with E-state index in [1.807, 2.05) is 6.92 Å². The molecule has 1 unspecified atom stereocenters. The van der Waals surface area contributed by atoms with Crippen LogP contribution in [0.5, 0.6) is 0 Å². The molecule has 1 heterocycles. The minimum atomic E-state index is -0.148. The maximum Gasteiger partial charge on any atom is 0.270 e. The third-order valence-electron chi connectivity index (χ3n) is 3.19. The molecule has 0 radical (unpaired) electrons. The van der Waals surface area contributed by atoms with Crippen molar-refractivity contribution in [3.05, 3.63) is 40.7 Å². The predicted molar refractivity (Wildman–Crippen MR) is 72.7 cm³/mol. The lowest BCUT2D eigenvalue weighted by Gasteiger charge is -2.20. The summed E-state index contributed by atoms with van der Waals surface area (Å²) in [5.74, 6) is -0.148. The zero-order valence-electron chi connectivity index (χ0n) is 10.4. The van der Waals surface area contributed by atoms with E-state index in [1.165, 1.54) is 24.6 Å². The summed E-state index contributed by atoms with van der Waals surface area (Å²) in [4.78, 5) is 16.0. The minimum Gasteiger partial charge on any atom is -0.345 e. The molecule has 0 aromatic carbocycles. The van der Waals surface area contributed by atoms with Gasteiger partial charge in [-0.05, 0) is 44.7 Å². The normalized spacial score (nSPS) is 16.9. The average Bonchev–Trinajstić information content (AvgIpc) is 2.40. The summed E-state index contributed by atoms with van der Waals surface area (Å²) in [6, 6.07) is 3.39. The van der Waals surface area contributed by atoms with Crippen LogP contribution in [-0.2, 0) is 0 Å². The second-order valence-corrected chi connectivity index (χ2v) is 5.02. The maximum absolute atomic E-state index is 12.0. The highest BCUT2D eigenvalue weighted by Crippen LogP contribution is 2.20. The van der Waals surface area contributed by atoms with E-state index in [0.29, 0.717) is 10.7 Å². The summed E-state index contributed by atoms with van der Waals surface area (Å²) in [5.41, 5.74) is 1.73. The lowest BCUT2D eigenvalue weighted by atomic mass is 9.95. The van der Waals surface area contributed by atoms with Crippen LogP contribution in [0.1, 0.15) is 43.1 Å². The van der Waals surface area contributed by atoms with Gasteiger partial charge in [-0.1, -0.05) is 23.3 Å². The van der Waals surface area contributed by atoms with E-state index in [0.717, 1.165) is 12.8 Å². The Bertz CT molecular complexity index is 453. The second-order valence-electron chi connectivity index (χ2n) is 4.58. The number of rotatable bonds is 3. The Hall–Kier alpha value is -1.35. The third-order valence-corrected chi connectivity index (χ3v) is 3.41. The first-order valence-corrected chi connectivity index (χ1v) is 6.66. The first kappa shape index (κ1) is 13.1. The number of nitrogens with one attached hydrogen (secondary N) is 1. The molecular weight excluding hydrogens is 248 g/mol. The van der Waals surface area contributed by atoms with Crippen molar-refractivity contribution in [1.82, 2.24) is 10.3 Å². The van der Waals surface area contributed by atoms with Gasteiger partial charge in [0.2, 0.25) is 0 Å². The molecule has 0 aliphatic heterocycles. The van der Waals surface area contributed by atoms with Crippen LogP contribution in [0.3, 0.4) is 0 Å². The zero-order chi connectivity index (χ0) is 13.0. The van der Waals surface area contributed by atoms with Gasteiger partial charge in [-0.25, -0.2) is 4.98 Å². The molecule has 1 aliphatic rings. The molecule has 0 saturated carbocycles. The number of aromatic nitrogens is 1. The Labute approximate surface area is 112 Å². The van der Waals surface area contributed by atoms with Gasteiger partial charge in [0.25, 0.3) is 5.91 Å². The summed E-state index contributed by atoms with van der Waals surface area (Å²) in [6.45, 7) is 2.02. The number of hydrogen-bond donors (Lipinski definition) is 1. The van der Waals surface area contributed by atoms with E-state index in [2.05, 4.69) is 16.4 Å². The van der Waals surface area contributed by atoms with Gasteiger partial charge < -0.3 is 5.32 Å². The Morgan fingerprint density at radius 1 is 1.44 bits per heavy atom. The highest BCUT2D eigenvalue weighted by molar-refractivity contribution is 6.30. The quantitative estimate of drug-likeness (QED) is 0.851. The topological polar surface area (TPSA) is 42.0 Å². The number of amides is 1. The summed E-state index contributed by atoms with van der Waals surface area (Å²) in [6.07, 6.45) is 8.39. The summed E-state index contributed by atoms with van der Waals surface area (Å²) in [5, 5.41) is 3.51. The van der Waals surface area contributed by atoms with Crippen molar-refractivity contribution in [2.75, 3.05) is 0 Å². The molecule has 96 valence electrons. The van der Waals surface area contributed by atoms with E-state index in [4.69, 9.17) is 11.6 Å². The van der Waals surface area contributed by atoms with E-state index < -0.39 is 0 Å². The number of nitrogens with zero attached hydrogens (tertiary/aromatic N) is 1. The Balaban J connectivity index is 1.98. The number of hydrogen-bond acceptors (Lipinski definition) is 2. The monoisotopic (exact) mass is 264 g/mol. The second kappa shape index (κ2) is 6.01. The molecule has 0 saturated heterocycles. The van der Waals surface area contributed by atoms with E-state index in [9.17, 15) is 4.79 Å². The maximum atomic E-state index is 12.0. The van der Waals surface area contributed by atoms with Gasteiger partial charge in [-0.2, -0.15) is 0 Å². The van der Waals surface area contributed by atoms with Gasteiger partial charge in [0, 0.05) is 12.2 Å². The van der Waals surface area contributed by atoms with Gasteiger partial charge in [0.15, 0.2) is 0 Å². The van der Waals surface area contributed by atoms with Crippen molar-refractivity contribution >= 4 is 17.5 Å². The van der Waals surface area contributed by atoms with Crippen molar-refractivity contribution in [3.8, 4) is 0 Å². The SMILES string of the molecule is CC(NC(=O)c1ccc(Cl)cn1)C1=CCCCC1. The molecule has 3 nitrogen and oxygen atoms in total. The first-order chi connectivity index (χ1) is 8.66. The van der Waals surface area contributed by atoms with Crippen LogP contribution in [0.15, 0.2) is 30.0 Å². The van der Waals surface area contributed by atoms with E-state index in [1.54, 1.807) is 12.1 Å². The van der Waals surface area contributed by atoms with Gasteiger partial charge in [-0.3, -0.25) is 4.79 Å². The van der Waals surface area contributed by atoms with Crippen LogP contribution >= 0.6 is 11.6 Å². The number of pyridine rings is 1. The molecule has 4 heteroatoms.